The maximum absolute atomic E-state index is 12.1. The van der Waals surface area contributed by atoms with Gasteiger partial charge in [0.25, 0.3) is 0 Å². The minimum absolute atomic E-state index is 0.151. The molecule has 1 amide bonds. The number of benzene rings is 2. The molecule has 0 spiro atoms. The van der Waals surface area contributed by atoms with Gasteiger partial charge in [0.15, 0.2) is 0 Å². The Morgan fingerprint density at radius 1 is 1.05 bits per heavy atom. The normalized spacial score (nSPS) is 20.8. The average molecular weight is 283 g/mol. The largest absolute Gasteiger partial charge is 0.481 e. The molecule has 3 rings (SSSR count). The maximum Gasteiger partial charge on any atom is 0.307 e. The van der Waals surface area contributed by atoms with Crippen LogP contribution in [0.15, 0.2) is 42.5 Å². The topological polar surface area (TPSA) is 66.4 Å². The van der Waals surface area contributed by atoms with Crippen LogP contribution in [0.1, 0.15) is 18.4 Å². The van der Waals surface area contributed by atoms with Crippen LogP contribution in [-0.2, 0) is 16.1 Å². The second-order valence-electron chi connectivity index (χ2n) is 5.48. The molecule has 0 saturated heterocycles. The first kappa shape index (κ1) is 13.6. The van der Waals surface area contributed by atoms with Gasteiger partial charge >= 0.3 is 5.97 Å². The number of carbonyl (C=O) groups is 2. The van der Waals surface area contributed by atoms with Crippen LogP contribution in [0.4, 0.5) is 0 Å². The molecule has 1 aliphatic rings. The fraction of sp³-hybridized carbons (Fsp3) is 0.294. The van der Waals surface area contributed by atoms with Crippen molar-refractivity contribution in [3.63, 3.8) is 0 Å². The number of hydrogen-bond donors (Lipinski definition) is 2. The summed E-state index contributed by atoms with van der Waals surface area (Å²) in [5.41, 5.74) is 1.05. The molecule has 0 radical (unpaired) electrons. The average Bonchev–Trinajstić information content (AvgIpc) is 2.43. The predicted molar refractivity (Wildman–Crippen MR) is 79.6 cm³/mol. The molecule has 4 nitrogen and oxygen atoms in total. The molecule has 1 aliphatic carbocycles. The summed E-state index contributed by atoms with van der Waals surface area (Å²) in [6.45, 7) is 0.434. The molecule has 0 bridgehead atoms. The van der Waals surface area contributed by atoms with Gasteiger partial charge in [-0.05, 0) is 29.2 Å². The summed E-state index contributed by atoms with van der Waals surface area (Å²) in [6, 6.07) is 14.0. The molecule has 2 aromatic carbocycles. The number of aliphatic carboxylic acids is 1. The highest BCUT2D eigenvalue weighted by molar-refractivity contribution is 5.88. The van der Waals surface area contributed by atoms with Gasteiger partial charge in [-0.2, -0.15) is 0 Å². The van der Waals surface area contributed by atoms with Crippen molar-refractivity contribution in [1.29, 1.82) is 0 Å². The number of nitrogens with one attached hydrogen (secondary N) is 1. The van der Waals surface area contributed by atoms with Gasteiger partial charge in [-0.3, -0.25) is 9.59 Å². The van der Waals surface area contributed by atoms with Crippen LogP contribution in [0.3, 0.4) is 0 Å². The second kappa shape index (κ2) is 5.56. The molecule has 4 heteroatoms. The standard InChI is InChI=1S/C17H17NO3/c19-16(14-8-9-15(14)17(20)21)18-10-12-6-3-5-11-4-1-2-7-13(11)12/h1-7,14-15H,8-10H2,(H,18,19)(H,20,21). The van der Waals surface area contributed by atoms with Crippen molar-refractivity contribution in [2.75, 3.05) is 0 Å². The van der Waals surface area contributed by atoms with E-state index in [-0.39, 0.29) is 11.8 Å². The number of carboxylic acids is 1. The summed E-state index contributed by atoms with van der Waals surface area (Å²) >= 11 is 0. The highest BCUT2D eigenvalue weighted by atomic mass is 16.4. The molecule has 0 aromatic heterocycles. The van der Waals surface area contributed by atoms with Crippen molar-refractivity contribution in [1.82, 2.24) is 5.32 Å². The number of amides is 1. The molecule has 108 valence electrons. The summed E-state index contributed by atoms with van der Waals surface area (Å²) in [6.07, 6.45) is 1.26. The lowest BCUT2D eigenvalue weighted by Gasteiger charge is -2.31. The Balaban J connectivity index is 1.69. The molecule has 2 atom stereocenters. The molecule has 1 saturated carbocycles. The fourth-order valence-electron chi connectivity index (χ4n) is 2.87. The Kier molecular flexibility index (Phi) is 3.60. The second-order valence-corrected chi connectivity index (χ2v) is 5.48. The minimum atomic E-state index is -0.869. The van der Waals surface area contributed by atoms with Crippen molar-refractivity contribution in [3.05, 3.63) is 48.0 Å². The third-order valence-electron chi connectivity index (χ3n) is 4.26. The number of carbonyl (C=O) groups excluding carboxylic acids is 1. The van der Waals surface area contributed by atoms with Gasteiger partial charge in [0.1, 0.15) is 0 Å². The quantitative estimate of drug-likeness (QED) is 0.906. The van der Waals surface area contributed by atoms with E-state index in [1.54, 1.807) is 0 Å². The van der Waals surface area contributed by atoms with E-state index in [1.807, 2.05) is 42.5 Å². The minimum Gasteiger partial charge on any atom is -0.481 e. The van der Waals surface area contributed by atoms with Crippen molar-refractivity contribution >= 4 is 22.6 Å². The molecular formula is C17H17NO3. The fourth-order valence-corrected chi connectivity index (χ4v) is 2.87. The zero-order valence-electron chi connectivity index (χ0n) is 11.6. The number of rotatable bonds is 4. The van der Waals surface area contributed by atoms with Gasteiger partial charge in [0.05, 0.1) is 11.8 Å². The molecule has 0 heterocycles. The first-order valence-electron chi connectivity index (χ1n) is 7.14. The molecule has 2 unspecified atom stereocenters. The van der Waals surface area contributed by atoms with E-state index in [9.17, 15) is 9.59 Å². The Bertz CT molecular complexity index is 690. The lowest BCUT2D eigenvalue weighted by molar-refractivity contribution is -0.152. The van der Waals surface area contributed by atoms with E-state index in [0.29, 0.717) is 19.4 Å². The molecule has 1 fully saturated rings. The van der Waals surface area contributed by atoms with Gasteiger partial charge < -0.3 is 10.4 Å². The SMILES string of the molecule is O=C(O)C1CCC1C(=O)NCc1cccc2ccccc12. The van der Waals surface area contributed by atoms with Crippen LogP contribution in [0.2, 0.25) is 0 Å². The van der Waals surface area contributed by atoms with Crippen molar-refractivity contribution in [2.24, 2.45) is 11.8 Å². The highest BCUT2D eigenvalue weighted by Gasteiger charge is 2.41. The number of hydrogen-bond acceptors (Lipinski definition) is 2. The first-order valence-corrected chi connectivity index (χ1v) is 7.14. The smallest absolute Gasteiger partial charge is 0.307 e. The Morgan fingerprint density at radius 3 is 2.48 bits per heavy atom. The lowest BCUT2D eigenvalue weighted by atomic mass is 9.73. The summed E-state index contributed by atoms with van der Waals surface area (Å²) in [4.78, 5) is 23.0. The molecule has 2 N–H and O–H groups in total. The monoisotopic (exact) mass is 283 g/mol. The van der Waals surface area contributed by atoms with Crippen LogP contribution in [0.5, 0.6) is 0 Å². The number of carboxylic acid groups (broad SMARTS) is 1. The van der Waals surface area contributed by atoms with Crippen molar-refractivity contribution < 1.29 is 14.7 Å². The van der Waals surface area contributed by atoms with Gasteiger partial charge in [-0.15, -0.1) is 0 Å². The van der Waals surface area contributed by atoms with Gasteiger partial charge in [-0.1, -0.05) is 42.5 Å². The van der Waals surface area contributed by atoms with Crippen LogP contribution in [-0.4, -0.2) is 17.0 Å². The van der Waals surface area contributed by atoms with Gasteiger partial charge in [-0.25, -0.2) is 0 Å². The van der Waals surface area contributed by atoms with E-state index in [4.69, 9.17) is 5.11 Å². The summed E-state index contributed by atoms with van der Waals surface area (Å²) in [5, 5.41) is 14.1. The third kappa shape index (κ3) is 2.61. The zero-order valence-corrected chi connectivity index (χ0v) is 11.6. The Labute approximate surface area is 122 Å². The molecular weight excluding hydrogens is 266 g/mol. The van der Waals surface area contributed by atoms with E-state index < -0.39 is 11.9 Å². The van der Waals surface area contributed by atoms with E-state index >= 15 is 0 Å². The predicted octanol–water partition coefficient (Wildman–Crippen LogP) is 2.57. The van der Waals surface area contributed by atoms with Crippen LogP contribution in [0, 0.1) is 11.8 Å². The maximum atomic E-state index is 12.1. The van der Waals surface area contributed by atoms with E-state index in [2.05, 4.69) is 5.32 Å². The molecule has 21 heavy (non-hydrogen) atoms. The van der Waals surface area contributed by atoms with Gasteiger partial charge in [0, 0.05) is 6.54 Å². The van der Waals surface area contributed by atoms with Crippen LogP contribution >= 0.6 is 0 Å². The van der Waals surface area contributed by atoms with E-state index in [0.717, 1.165) is 16.3 Å². The third-order valence-corrected chi connectivity index (χ3v) is 4.26. The summed E-state index contributed by atoms with van der Waals surface area (Å²) in [5.74, 6) is -1.91. The molecule has 2 aromatic rings. The lowest BCUT2D eigenvalue weighted by Crippen LogP contribution is -2.43. The van der Waals surface area contributed by atoms with E-state index in [1.165, 1.54) is 0 Å². The Hall–Kier alpha value is -2.36. The zero-order chi connectivity index (χ0) is 14.8. The first-order chi connectivity index (χ1) is 10.2. The van der Waals surface area contributed by atoms with Crippen molar-refractivity contribution in [3.8, 4) is 0 Å². The van der Waals surface area contributed by atoms with Gasteiger partial charge in [0.2, 0.25) is 5.91 Å². The summed E-state index contributed by atoms with van der Waals surface area (Å²) < 4.78 is 0. The summed E-state index contributed by atoms with van der Waals surface area (Å²) in [7, 11) is 0. The van der Waals surface area contributed by atoms with Crippen LogP contribution < -0.4 is 5.32 Å². The molecule has 0 aliphatic heterocycles. The highest BCUT2D eigenvalue weighted by Crippen LogP contribution is 2.34. The van der Waals surface area contributed by atoms with Crippen molar-refractivity contribution in [2.45, 2.75) is 19.4 Å². The Morgan fingerprint density at radius 2 is 1.76 bits per heavy atom. The van der Waals surface area contributed by atoms with Crippen LogP contribution in [0.25, 0.3) is 10.8 Å². The number of fused-ring (bicyclic) bond motifs is 1.